The van der Waals surface area contributed by atoms with Crippen LogP contribution in [0.1, 0.15) is 35.4 Å². The van der Waals surface area contributed by atoms with Gasteiger partial charge in [-0.1, -0.05) is 78.9 Å². The summed E-state index contributed by atoms with van der Waals surface area (Å²) in [5.41, 5.74) is 5.59. The molecule has 33 heavy (non-hydrogen) atoms. The van der Waals surface area contributed by atoms with Crippen LogP contribution >= 0.6 is 0 Å². The van der Waals surface area contributed by atoms with Crippen LogP contribution in [-0.4, -0.2) is 37.1 Å². The third-order valence-corrected chi connectivity index (χ3v) is 6.94. The minimum atomic E-state index is -0.446. The van der Waals surface area contributed by atoms with Crippen LogP contribution in [0.4, 0.5) is 4.79 Å². The summed E-state index contributed by atoms with van der Waals surface area (Å²) in [6.07, 6.45) is 1.10. The smallest absolute Gasteiger partial charge is 0.407 e. The van der Waals surface area contributed by atoms with Crippen LogP contribution < -0.4 is 5.32 Å². The van der Waals surface area contributed by atoms with Crippen LogP contribution in [0.2, 0.25) is 0 Å². The number of fused-ring (bicyclic) bond motifs is 3. The molecule has 0 aromatic heterocycles. The summed E-state index contributed by atoms with van der Waals surface area (Å²) in [5.74, 6) is 0.0365. The van der Waals surface area contributed by atoms with Gasteiger partial charge in [0.2, 0.25) is 0 Å². The fraction of sp³-hybridized carbons (Fsp3) is 0.321. The molecule has 1 saturated carbocycles. The van der Waals surface area contributed by atoms with Gasteiger partial charge in [-0.2, -0.15) is 0 Å². The number of aliphatic hydroxyl groups excluding tert-OH is 1. The van der Waals surface area contributed by atoms with Gasteiger partial charge < -0.3 is 19.9 Å². The number of benzene rings is 3. The Balaban J connectivity index is 1.11. The highest BCUT2D eigenvalue weighted by molar-refractivity contribution is 5.79. The molecular weight excluding hydrogens is 414 g/mol. The molecule has 0 spiro atoms. The maximum atomic E-state index is 12.5. The predicted molar refractivity (Wildman–Crippen MR) is 127 cm³/mol. The largest absolute Gasteiger partial charge is 0.449 e. The fourth-order valence-corrected chi connectivity index (χ4v) is 5.05. The highest BCUT2D eigenvalue weighted by Gasteiger charge is 2.44. The second kappa shape index (κ2) is 9.38. The molecule has 3 aromatic rings. The molecule has 170 valence electrons. The van der Waals surface area contributed by atoms with Crippen molar-refractivity contribution in [3.8, 4) is 11.1 Å². The van der Waals surface area contributed by atoms with E-state index in [1.807, 2.05) is 54.6 Å². The van der Waals surface area contributed by atoms with Crippen molar-refractivity contribution in [3.05, 3.63) is 95.6 Å². The molecule has 0 radical (unpaired) electrons. The van der Waals surface area contributed by atoms with E-state index in [2.05, 4.69) is 29.6 Å². The number of carbonyl (C=O) groups excluding carboxylic acids is 1. The lowest BCUT2D eigenvalue weighted by molar-refractivity contribution is -0.106. The molecule has 0 saturated heterocycles. The molecule has 3 aromatic carbocycles. The van der Waals surface area contributed by atoms with E-state index >= 15 is 0 Å². The summed E-state index contributed by atoms with van der Waals surface area (Å²) in [4.78, 5) is 12.5. The SMILES string of the molecule is O=C(NCC1(CO)CC(OCc2ccccc2)C1)OCC1c2ccccc2-c2ccccc21. The van der Waals surface area contributed by atoms with Crippen LogP contribution in [0.3, 0.4) is 0 Å². The zero-order valence-electron chi connectivity index (χ0n) is 18.6. The highest BCUT2D eigenvalue weighted by Crippen LogP contribution is 2.45. The van der Waals surface area contributed by atoms with Gasteiger partial charge in [-0.3, -0.25) is 0 Å². The Hall–Kier alpha value is -3.15. The molecule has 5 rings (SSSR count). The second-order valence-corrected chi connectivity index (χ2v) is 9.16. The summed E-state index contributed by atoms with van der Waals surface area (Å²) in [6, 6.07) is 26.6. The van der Waals surface area contributed by atoms with Crippen molar-refractivity contribution in [2.75, 3.05) is 19.8 Å². The third-order valence-electron chi connectivity index (χ3n) is 6.94. The van der Waals surface area contributed by atoms with E-state index in [-0.39, 0.29) is 30.7 Å². The number of nitrogens with one attached hydrogen (secondary N) is 1. The molecule has 0 bridgehead atoms. The van der Waals surface area contributed by atoms with Crippen molar-refractivity contribution in [2.24, 2.45) is 5.41 Å². The highest BCUT2D eigenvalue weighted by atomic mass is 16.5. The average molecular weight is 444 g/mol. The standard InChI is InChI=1S/C28H29NO4/c30-19-28(14-21(15-28)32-16-20-8-2-1-3-9-20)18-29-27(31)33-17-26-24-12-6-4-10-22(24)23-11-5-7-13-25(23)26/h1-13,21,26,30H,14-19H2,(H,29,31). The normalized spacial score (nSPS) is 21.1. The van der Waals surface area contributed by atoms with Crippen molar-refractivity contribution < 1.29 is 19.4 Å². The first-order valence-electron chi connectivity index (χ1n) is 11.5. The van der Waals surface area contributed by atoms with Gasteiger partial charge in [0.1, 0.15) is 6.61 Å². The molecule has 5 nitrogen and oxygen atoms in total. The van der Waals surface area contributed by atoms with Crippen molar-refractivity contribution in [3.63, 3.8) is 0 Å². The number of aliphatic hydroxyl groups is 1. The van der Waals surface area contributed by atoms with Crippen LogP contribution in [0.25, 0.3) is 11.1 Å². The van der Waals surface area contributed by atoms with Crippen LogP contribution in [0, 0.1) is 5.41 Å². The van der Waals surface area contributed by atoms with Gasteiger partial charge in [-0.25, -0.2) is 4.79 Å². The first-order chi connectivity index (χ1) is 16.2. The first kappa shape index (κ1) is 21.7. The maximum Gasteiger partial charge on any atom is 0.407 e. The number of hydrogen-bond donors (Lipinski definition) is 2. The molecule has 0 heterocycles. The van der Waals surface area contributed by atoms with Gasteiger partial charge in [0.25, 0.3) is 0 Å². The molecular formula is C28H29NO4. The first-order valence-corrected chi connectivity index (χ1v) is 11.5. The van der Waals surface area contributed by atoms with Crippen molar-refractivity contribution >= 4 is 6.09 Å². The van der Waals surface area contributed by atoms with E-state index in [0.717, 1.165) is 18.4 Å². The lowest BCUT2D eigenvalue weighted by Crippen LogP contribution is -2.52. The third kappa shape index (κ3) is 4.52. The molecule has 1 amide bonds. The number of hydrogen-bond acceptors (Lipinski definition) is 4. The van der Waals surface area contributed by atoms with Gasteiger partial charge in [-0.05, 0) is 40.7 Å². The molecule has 1 fully saturated rings. The van der Waals surface area contributed by atoms with Crippen molar-refractivity contribution in [1.82, 2.24) is 5.32 Å². The van der Waals surface area contributed by atoms with E-state index in [0.29, 0.717) is 13.2 Å². The predicted octanol–water partition coefficient (Wildman–Crippen LogP) is 4.88. The van der Waals surface area contributed by atoms with E-state index in [9.17, 15) is 9.90 Å². The number of rotatable bonds is 8. The Morgan fingerprint density at radius 2 is 1.52 bits per heavy atom. The Morgan fingerprint density at radius 1 is 0.909 bits per heavy atom. The topological polar surface area (TPSA) is 67.8 Å². The zero-order valence-corrected chi connectivity index (χ0v) is 18.6. The molecule has 0 atom stereocenters. The molecule has 2 aliphatic rings. The summed E-state index contributed by atoms with van der Waals surface area (Å²) in [7, 11) is 0. The minimum Gasteiger partial charge on any atom is -0.449 e. The molecule has 0 aliphatic heterocycles. The summed E-state index contributed by atoms with van der Waals surface area (Å²) in [5, 5.41) is 12.8. The van der Waals surface area contributed by atoms with Gasteiger partial charge >= 0.3 is 6.09 Å². The molecule has 2 N–H and O–H groups in total. The second-order valence-electron chi connectivity index (χ2n) is 9.16. The summed E-state index contributed by atoms with van der Waals surface area (Å²) in [6.45, 7) is 1.24. The molecule has 0 unspecified atom stereocenters. The summed E-state index contributed by atoms with van der Waals surface area (Å²) >= 11 is 0. The average Bonchev–Trinajstić information content (AvgIpc) is 3.16. The van der Waals surface area contributed by atoms with Crippen LogP contribution in [0.5, 0.6) is 0 Å². The van der Waals surface area contributed by atoms with E-state index in [4.69, 9.17) is 9.47 Å². The lowest BCUT2D eigenvalue weighted by atomic mass is 9.67. The number of amides is 1. The van der Waals surface area contributed by atoms with Gasteiger partial charge in [-0.15, -0.1) is 0 Å². The van der Waals surface area contributed by atoms with Crippen molar-refractivity contribution in [1.29, 1.82) is 0 Å². The monoisotopic (exact) mass is 443 g/mol. The van der Waals surface area contributed by atoms with E-state index in [1.165, 1.54) is 22.3 Å². The molecule has 5 heteroatoms. The Bertz CT molecular complexity index is 1060. The number of carbonyl (C=O) groups is 1. The van der Waals surface area contributed by atoms with Crippen LogP contribution in [0.15, 0.2) is 78.9 Å². The Kier molecular flexibility index (Phi) is 6.16. The maximum absolute atomic E-state index is 12.5. The zero-order chi connectivity index (χ0) is 22.7. The van der Waals surface area contributed by atoms with E-state index < -0.39 is 6.09 Å². The van der Waals surface area contributed by atoms with Gasteiger partial charge in [0, 0.05) is 17.9 Å². The van der Waals surface area contributed by atoms with Gasteiger partial charge in [0.15, 0.2) is 0 Å². The summed E-state index contributed by atoms with van der Waals surface area (Å²) < 4.78 is 11.6. The quantitative estimate of drug-likeness (QED) is 0.521. The lowest BCUT2D eigenvalue weighted by Gasteiger charge is -2.46. The Morgan fingerprint density at radius 3 is 2.15 bits per heavy atom. The minimum absolute atomic E-state index is 0.0157. The van der Waals surface area contributed by atoms with Gasteiger partial charge in [0.05, 0.1) is 19.3 Å². The van der Waals surface area contributed by atoms with Crippen molar-refractivity contribution in [2.45, 2.75) is 31.5 Å². The van der Waals surface area contributed by atoms with E-state index in [1.54, 1.807) is 0 Å². The Labute approximate surface area is 194 Å². The van der Waals surface area contributed by atoms with Crippen LogP contribution in [-0.2, 0) is 16.1 Å². The fourth-order valence-electron chi connectivity index (χ4n) is 5.05. The number of ether oxygens (including phenoxy) is 2. The number of alkyl carbamates (subject to hydrolysis) is 1. The molecule has 2 aliphatic carbocycles.